The van der Waals surface area contributed by atoms with Gasteiger partial charge in [0.05, 0.1) is 17.8 Å². The molecule has 0 amide bonds. The maximum atomic E-state index is 13.5. The first-order valence-electron chi connectivity index (χ1n) is 17.7. The van der Waals surface area contributed by atoms with Crippen molar-refractivity contribution in [2.24, 2.45) is 22.7 Å². The Morgan fingerprint density at radius 1 is 1.02 bits per heavy atom. The van der Waals surface area contributed by atoms with E-state index in [1.54, 1.807) is 6.92 Å². The van der Waals surface area contributed by atoms with Gasteiger partial charge >= 0.3 is 12.4 Å². The zero-order valence-corrected chi connectivity index (χ0v) is 24.7. The van der Waals surface area contributed by atoms with Crippen LogP contribution in [-0.2, 0) is 0 Å². The maximum absolute atomic E-state index is 13.5. The molecule has 246 valence electrons. The van der Waals surface area contributed by atoms with Crippen LogP contribution in [0.2, 0.25) is 0 Å². The van der Waals surface area contributed by atoms with Crippen LogP contribution in [0.25, 0.3) is 0 Å². The summed E-state index contributed by atoms with van der Waals surface area (Å²) in [7, 11) is 0. The van der Waals surface area contributed by atoms with Crippen LogP contribution in [0.3, 0.4) is 0 Å². The Labute approximate surface area is 259 Å². The Morgan fingerprint density at radius 3 is 2.28 bits per heavy atom. The van der Waals surface area contributed by atoms with Gasteiger partial charge in [0.1, 0.15) is 0 Å². The summed E-state index contributed by atoms with van der Waals surface area (Å²) in [6.45, 7) is 1.00. The van der Waals surface area contributed by atoms with Gasteiger partial charge in [-0.05, 0) is 111 Å². The molecule has 0 radical (unpaired) electrons. The summed E-state index contributed by atoms with van der Waals surface area (Å²) >= 11 is 0. The molecule has 0 heterocycles. The first kappa shape index (κ1) is 27.7. The summed E-state index contributed by atoms with van der Waals surface area (Å²) in [4.78, 5) is 0. The minimum Gasteiger partial charge on any atom is -0.393 e. The van der Waals surface area contributed by atoms with E-state index < -0.39 is 66.7 Å². The summed E-state index contributed by atoms with van der Waals surface area (Å²) in [6, 6.07) is 0. The predicted octanol–water partition coefficient (Wildman–Crippen LogP) is 7.88. The van der Waals surface area contributed by atoms with E-state index in [0.717, 1.165) is 18.4 Å². The van der Waals surface area contributed by atoms with Crippen LogP contribution in [-0.4, -0.2) is 56.2 Å². The molecule has 3 rings (SSSR count). The lowest BCUT2D eigenvalue weighted by atomic mass is 9.55. The SMILES string of the molecule is [2H]C([2H])([2H])C(O)(CCC[C@](C)(CC=CC(O)(C(F)(F)F)C(F)(F)F)[C@H]1CCC2C(=CC=C3C[C@@H](O)C[C@H](O)C3=C)CCC[C@@]21C)C([2H])([2H])[2H]. The van der Waals surface area contributed by atoms with Gasteiger partial charge in [0.2, 0.25) is 0 Å². The number of hydrogen-bond donors (Lipinski definition) is 4. The van der Waals surface area contributed by atoms with Crippen molar-refractivity contribution >= 4 is 0 Å². The van der Waals surface area contributed by atoms with Gasteiger partial charge in [0.25, 0.3) is 5.60 Å². The molecule has 6 atom stereocenters. The van der Waals surface area contributed by atoms with E-state index in [4.69, 9.17) is 8.22 Å². The van der Waals surface area contributed by atoms with Gasteiger partial charge in [-0.1, -0.05) is 50.6 Å². The highest BCUT2D eigenvalue weighted by molar-refractivity contribution is 5.38. The minimum absolute atomic E-state index is 0.0338. The zero-order chi connectivity index (χ0) is 37.6. The van der Waals surface area contributed by atoms with Crippen molar-refractivity contribution in [3.63, 3.8) is 0 Å². The fourth-order valence-corrected chi connectivity index (χ4v) is 7.86. The molecular weight excluding hydrogens is 574 g/mol. The van der Waals surface area contributed by atoms with Gasteiger partial charge in [-0.2, -0.15) is 26.3 Å². The number of aliphatic hydroxyl groups excluding tert-OH is 2. The standard InChI is InChI=1S/C33H48F6O4/c1-21-23(19-24(40)20-26(21)41)11-10-22-9-6-17-30(5)25(22)12-13-27(30)29(4,15-7-14-28(2,3)42)16-8-18-31(43,32(34,35)36)33(37,38)39/h8,10-11,18,24-27,40-43H,1,6-7,9,12-17,19-20H2,2-5H3/t24-,25?,26+,27-,29-,30+/m1/s1/i2D3,3D3. The van der Waals surface area contributed by atoms with Crippen molar-refractivity contribution in [2.45, 2.75) is 134 Å². The summed E-state index contributed by atoms with van der Waals surface area (Å²) in [5.74, 6) is -0.375. The van der Waals surface area contributed by atoms with Crippen molar-refractivity contribution in [2.75, 3.05) is 0 Å². The van der Waals surface area contributed by atoms with Gasteiger partial charge in [-0.25, -0.2) is 0 Å². The highest BCUT2D eigenvalue weighted by Crippen LogP contribution is 2.64. The highest BCUT2D eigenvalue weighted by atomic mass is 19.4. The van der Waals surface area contributed by atoms with Crippen LogP contribution in [0.15, 0.2) is 47.6 Å². The van der Waals surface area contributed by atoms with E-state index in [9.17, 15) is 46.8 Å². The minimum atomic E-state index is -6.06. The van der Waals surface area contributed by atoms with Crippen LogP contribution in [0.5, 0.6) is 0 Å². The van der Waals surface area contributed by atoms with Crippen LogP contribution < -0.4 is 0 Å². The highest BCUT2D eigenvalue weighted by Gasteiger charge is 2.69. The van der Waals surface area contributed by atoms with E-state index in [2.05, 4.69) is 6.58 Å². The topological polar surface area (TPSA) is 80.9 Å². The molecular formula is C33H48F6O4. The molecule has 0 spiro atoms. The summed E-state index contributed by atoms with van der Waals surface area (Å²) in [5, 5.41) is 41.0. The van der Waals surface area contributed by atoms with E-state index in [1.165, 1.54) is 0 Å². The number of rotatable bonds is 9. The van der Waals surface area contributed by atoms with Gasteiger partial charge in [0.15, 0.2) is 0 Å². The second-order valence-electron chi connectivity index (χ2n) is 13.3. The molecule has 3 fully saturated rings. The normalized spacial score (nSPS) is 35.6. The van der Waals surface area contributed by atoms with Crippen molar-refractivity contribution in [3.8, 4) is 0 Å². The maximum Gasteiger partial charge on any atom is 0.429 e. The third-order valence-electron chi connectivity index (χ3n) is 10.2. The monoisotopic (exact) mass is 628 g/mol. The van der Waals surface area contributed by atoms with Gasteiger partial charge < -0.3 is 20.4 Å². The largest absolute Gasteiger partial charge is 0.429 e. The third kappa shape index (κ3) is 7.79. The van der Waals surface area contributed by atoms with E-state index in [1.807, 2.05) is 19.1 Å². The van der Waals surface area contributed by atoms with Crippen LogP contribution in [0.1, 0.15) is 106 Å². The number of halogens is 6. The van der Waals surface area contributed by atoms with E-state index in [0.29, 0.717) is 42.9 Å². The fraction of sp³-hybridized carbons (Fsp3) is 0.758. The fourth-order valence-electron chi connectivity index (χ4n) is 7.86. The van der Waals surface area contributed by atoms with Crippen LogP contribution >= 0.6 is 0 Å². The molecule has 0 saturated heterocycles. The lowest BCUT2D eigenvalue weighted by Crippen LogP contribution is -2.55. The van der Waals surface area contributed by atoms with Gasteiger partial charge in [-0.3, -0.25) is 0 Å². The van der Waals surface area contributed by atoms with Crippen molar-refractivity contribution in [1.82, 2.24) is 0 Å². The Bertz CT molecular complexity index is 1280. The second kappa shape index (κ2) is 12.6. The quantitative estimate of drug-likeness (QED) is 0.155. The number of alkyl halides is 6. The van der Waals surface area contributed by atoms with E-state index in [-0.39, 0.29) is 43.6 Å². The Hall–Kier alpha value is -1.62. The molecule has 3 aliphatic rings. The lowest BCUT2D eigenvalue weighted by molar-refractivity contribution is -0.347. The van der Waals surface area contributed by atoms with Crippen molar-refractivity contribution < 1.29 is 55.0 Å². The number of fused-ring (bicyclic) bond motifs is 1. The van der Waals surface area contributed by atoms with Crippen LogP contribution in [0, 0.1) is 22.7 Å². The first-order valence-corrected chi connectivity index (χ1v) is 14.7. The average molecular weight is 629 g/mol. The smallest absolute Gasteiger partial charge is 0.393 e. The van der Waals surface area contributed by atoms with Crippen LogP contribution in [0.4, 0.5) is 26.3 Å². The first-order chi connectivity index (χ1) is 22.0. The van der Waals surface area contributed by atoms with Crippen molar-refractivity contribution in [1.29, 1.82) is 0 Å². The molecule has 43 heavy (non-hydrogen) atoms. The molecule has 0 aromatic rings. The molecule has 0 bridgehead atoms. The lowest BCUT2D eigenvalue weighted by Gasteiger charge is -2.49. The zero-order valence-electron chi connectivity index (χ0n) is 30.7. The number of allylic oxidation sites excluding steroid dienone is 4. The third-order valence-corrected chi connectivity index (χ3v) is 10.2. The second-order valence-corrected chi connectivity index (χ2v) is 13.3. The number of hydrogen-bond acceptors (Lipinski definition) is 4. The van der Waals surface area contributed by atoms with Crippen molar-refractivity contribution in [3.05, 3.63) is 47.6 Å². The molecule has 0 aliphatic heterocycles. The Kier molecular flexibility index (Phi) is 8.14. The average Bonchev–Trinajstić information content (AvgIpc) is 3.29. The molecule has 4 nitrogen and oxygen atoms in total. The predicted molar refractivity (Wildman–Crippen MR) is 154 cm³/mol. The summed E-state index contributed by atoms with van der Waals surface area (Å²) in [5.41, 5.74) is -7.54. The number of aliphatic hydroxyl groups is 4. The Balaban J connectivity index is 2.01. The molecule has 10 heteroatoms. The molecule has 3 aliphatic carbocycles. The molecule has 0 aromatic heterocycles. The molecule has 4 N–H and O–H groups in total. The molecule has 0 aromatic carbocycles. The van der Waals surface area contributed by atoms with Gasteiger partial charge in [-0.15, -0.1) is 0 Å². The molecule has 1 unspecified atom stereocenters. The molecule has 3 saturated carbocycles. The van der Waals surface area contributed by atoms with E-state index >= 15 is 0 Å². The van der Waals surface area contributed by atoms with Gasteiger partial charge in [0, 0.05) is 14.6 Å². The summed E-state index contributed by atoms with van der Waals surface area (Å²) in [6.07, 6.45) is -7.24. The summed E-state index contributed by atoms with van der Waals surface area (Å²) < 4.78 is 127. The Morgan fingerprint density at radius 2 is 1.67 bits per heavy atom.